The van der Waals surface area contributed by atoms with Gasteiger partial charge in [-0.15, -0.1) is 0 Å². The molecule has 1 aromatic carbocycles. The van der Waals surface area contributed by atoms with Crippen LogP contribution in [0.4, 0.5) is 4.39 Å². The van der Waals surface area contributed by atoms with Crippen LogP contribution in [0.5, 0.6) is 5.75 Å². The Bertz CT molecular complexity index is 638. The molecule has 2 atom stereocenters. The molecule has 1 aliphatic heterocycles. The summed E-state index contributed by atoms with van der Waals surface area (Å²) in [6.45, 7) is 0.213. The van der Waals surface area contributed by atoms with Crippen molar-refractivity contribution in [2.75, 3.05) is 19.7 Å². The molecule has 1 saturated carbocycles. The first kappa shape index (κ1) is 17.4. The molecule has 2 fully saturated rings. The highest BCUT2D eigenvalue weighted by Crippen LogP contribution is 2.37. The molecular formula is C18H21FN2O4. The molecule has 0 radical (unpaired) electrons. The fraction of sp³-hybridized carbons (Fsp3) is 0.500. The van der Waals surface area contributed by atoms with Gasteiger partial charge in [0.1, 0.15) is 24.7 Å². The number of fused-ring (bicyclic) bond motifs is 1. The maximum Gasteiger partial charge on any atom is 0.240 e. The lowest BCUT2D eigenvalue weighted by atomic mass is 9.81. The van der Waals surface area contributed by atoms with E-state index < -0.39 is 0 Å². The Morgan fingerprint density at radius 3 is 2.32 bits per heavy atom. The Balaban J connectivity index is 1.42. The second kappa shape index (κ2) is 7.63. The normalized spacial score (nSPS) is 22.7. The SMILES string of the molecule is O=C(CN1C(=O)[C@H]2CCCC[C@H]2C1=O)NCCOc1ccc(F)cc1. The van der Waals surface area contributed by atoms with E-state index in [0.717, 1.165) is 30.6 Å². The molecule has 1 aromatic rings. The summed E-state index contributed by atoms with van der Waals surface area (Å²) in [6.07, 6.45) is 3.39. The van der Waals surface area contributed by atoms with Crippen LogP contribution in [0, 0.1) is 17.7 Å². The number of hydrogen-bond donors (Lipinski definition) is 1. The van der Waals surface area contributed by atoms with Crippen molar-refractivity contribution in [2.24, 2.45) is 11.8 Å². The molecule has 0 spiro atoms. The minimum Gasteiger partial charge on any atom is -0.492 e. The highest BCUT2D eigenvalue weighted by Gasteiger charge is 2.48. The van der Waals surface area contributed by atoms with E-state index in [1.165, 1.54) is 24.3 Å². The van der Waals surface area contributed by atoms with Crippen LogP contribution in [0.25, 0.3) is 0 Å². The number of likely N-dealkylation sites (tertiary alicyclic amines) is 1. The number of ether oxygens (including phenoxy) is 1. The number of carbonyl (C=O) groups is 3. The smallest absolute Gasteiger partial charge is 0.240 e. The number of amides is 3. The van der Waals surface area contributed by atoms with E-state index in [0.29, 0.717) is 5.75 Å². The van der Waals surface area contributed by atoms with Crippen LogP contribution in [0.1, 0.15) is 25.7 Å². The van der Waals surface area contributed by atoms with Gasteiger partial charge in [-0.2, -0.15) is 0 Å². The molecule has 1 saturated heterocycles. The average Bonchev–Trinajstić information content (AvgIpc) is 2.86. The third-order valence-electron chi connectivity index (χ3n) is 4.74. The highest BCUT2D eigenvalue weighted by atomic mass is 19.1. The van der Waals surface area contributed by atoms with Crippen LogP contribution >= 0.6 is 0 Å². The van der Waals surface area contributed by atoms with E-state index in [2.05, 4.69) is 5.32 Å². The zero-order chi connectivity index (χ0) is 17.8. The number of hydrogen-bond acceptors (Lipinski definition) is 4. The number of nitrogens with one attached hydrogen (secondary N) is 1. The summed E-state index contributed by atoms with van der Waals surface area (Å²) >= 11 is 0. The topological polar surface area (TPSA) is 75.7 Å². The molecule has 1 aliphatic carbocycles. The van der Waals surface area contributed by atoms with Crippen molar-refractivity contribution in [3.8, 4) is 5.75 Å². The van der Waals surface area contributed by atoms with Crippen LogP contribution < -0.4 is 10.1 Å². The number of halogens is 1. The zero-order valence-corrected chi connectivity index (χ0v) is 13.9. The molecular weight excluding hydrogens is 327 g/mol. The maximum atomic E-state index is 12.8. The second-order valence-corrected chi connectivity index (χ2v) is 6.41. The number of benzene rings is 1. The first-order chi connectivity index (χ1) is 12.1. The Morgan fingerprint density at radius 1 is 1.12 bits per heavy atom. The van der Waals surface area contributed by atoms with Gasteiger partial charge in [-0.1, -0.05) is 12.8 Å². The number of rotatable bonds is 6. The minimum absolute atomic E-state index is 0.213. The van der Waals surface area contributed by atoms with Gasteiger partial charge in [0, 0.05) is 0 Å². The predicted octanol–water partition coefficient (Wildman–Crippen LogP) is 1.50. The summed E-state index contributed by atoms with van der Waals surface area (Å²) in [6, 6.07) is 5.58. The van der Waals surface area contributed by atoms with Gasteiger partial charge in [-0.05, 0) is 37.1 Å². The summed E-state index contributed by atoms with van der Waals surface area (Å²) in [5, 5.41) is 2.63. The largest absolute Gasteiger partial charge is 0.492 e. The van der Waals surface area contributed by atoms with Gasteiger partial charge in [0.25, 0.3) is 0 Å². The fourth-order valence-corrected chi connectivity index (χ4v) is 3.48. The molecule has 1 heterocycles. The Kier molecular flexibility index (Phi) is 5.31. The van der Waals surface area contributed by atoms with Crippen LogP contribution in [0.15, 0.2) is 24.3 Å². The van der Waals surface area contributed by atoms with E-state index in [9.17, 15) is 18.8 Å². The minimum atomic E-state index is -0.386. The molecule has 25 heavy (non-hydrogen) atoms. The van der Waals surface area contributed by atoms with E-state index in [1.807, 2.05) is 0 Å². The quantitative estimate of drug-likeness (QED) is 0.624. The van der Waals surface area contributed by atoms with Crippen molar-refractivity contribution in [3.63, 3.8) is 0 Å². The van der Waals surface area contributed by atoms with Crippen LogP contribution in [0.3, 0.4) is 0 Å². The lowest BCUT2D eigenvalue weighted by Crippen LogP contribution is -2.42. The maximum absolute atomic E-state index is 12.8. The van der Waals surface area contributed by atoms with Crippen molar-refractivity contribution in [1.82, 2.24) is 10.2 Å². The van der Waals surface area contributed by atoms with E-state index >= 15 is 0 Å². The third kappa shape index (κ3) is 3.97. The summed E-state index contributed by atoms with van der Waals surface area (Å²) in [5.41, 5.74) is 0. The lowest BCUT2D eigenvalue weighted by molar-refractivity contribution is -0.143. The predicted molar refractivity (Wildman–Crippen MR) is 87.1 cm³/mol. The summed E-state index contributed by atoms with van der Waals surface area (Å²) in [4.78, 5) is 37.7. The van der Waals surface area contributed by atoms with E-state index in [1.54, 1.807) is 0 Å². The van der Waals surface area contributed by atoms with Gasteiger partial charge in [-0.3, -0.25) is 19.3 Å². The van der Waals surface area contributed by atoms with Gasteiger partial charge in [-0.25, -0.2) is 4.39 Å². The van der Waals surface area contributed by atoms with E-state index in [-0.39, 0.29) is 55.1 Å². The molecule has 3 amide bonds. The first-order valence-corrected chi connectivity index (χ1v) is 8.56. The highest BCUT2D eigenvalue weighted by molar-refractivity contribution is 6.07. The third-order valence-corrected chi connectivity index (χ3v) is 4.74. The monoisotopic (exact) mass is 348 g/mol. The summed E-state index contributed by atoms with van der Waals surface area (Å²) in [7, 11) is 0. The molecule has 0 aromatic heterocycles. The van der Waals surface area contributed by atoms with E-state index in [4.69, 9.17) is 4.74 Å². The van der Waals surface area contributed by atoms with Crippen molar-refractivity contribution in [3.05, 3.63) is 30.1 Å². The average molecular weight is 348 g/mol. The van der Waals surface area contributed by atoms with Crippen molar-refractivity contribution in [2.45, 2.75) is 25.7 Å². The fourth-order valence-electron chi connectivity index (χ4n) is 3.48. The molecule has 3 rings (SSSR count). The van der Waals surface area contributed by atoms with Crippen LogP contribution in [-0.4, -0.2) is 42.3 Å². The Hall–Kier alpha value is -2.44. The summed E-state index contributed by atoms with van der Waals surface area (Å²) < 4.78 is 18.1. The van der Waals surface area contributed by atoms with Gasteiger partial charge in [0.2, 0.25) is 17.7 Å². The summed E-state index contributed by atoms with van der Waals surface area (Å²) in [5.74, 6) is -1.14. The number of imide groups is 1. The lowest BCUT2D eigenvalue weighted by Gasteiger charge is -2.19. The molecule has 2 aliphatic rings. The Morgan fingerprint density at radius 2 is 1.72 bits per heavy atom. The van der Waals surface area contributed by atoms with Crippen LogP contribution in [-0.2, 0) is 14.4 Å². The Labute approximate surface area is 145 Å². The zero-order valence-electron chi connectivity index (χ0n) is 13.9. The van der Waals surface area contributed by atoms with Gasteiger partial charge in [0.05, 0.1) is 18.4 Å². The van der Waals surface area contributed by atoms with Gasteiger partial charge < -0.3 is 10.1 Å². The number of nitrogens with zero attached hydrogens (tertiary/aromatic N) is 1. The number of carbonyl (C=O) groups excluding carboxylic acids is 3. The second-order valence-electron chi connectivity index (χ2n) is 6.41. The van der Waals surface area contributed by atoms with Crippen LogP contribution in [0.2, 0.25) is 0 Å². The first-order valence-electron chi connectivity index (χ1n) is 8.56. The standard InChI is InChI=1S/C18H21FN2O4/c19-12-5-7-13(8-6-12)25-10-9-20-16(22)11-21-17(23)14-3-1-2-4-15(14)18(21)24/h5-8,14-15H,1-4,9-11H2,(H,20,22)/t14-,15+. The molecule has 1 N–H and O–H groups in total. The molecule has 0 unspecified atom stereocenters. The molecule has 6 nitrogen and oxygen atoms in total. The molecule has 134 valence electrons. The van der Waals surface area contributed by atoms with Crippen molar-refractivity contribution < 1.29 is 23.5 Å². The van der Waals surface area contributed by atoms with Gasteiger partial charge >= 0.3 is 0 Å². The van der Waals surface area contributed by atoms with Crippen molar-refractivity contribution in [1.29, 1.82) is 0 Å². The molecule has 7 heteroatoms. The van der Waals surface area contributed by atoms with Gasteiger partial charge in [0.15, 0.2) is 0 Å². The molecule has 0 bridgehead atoms. The van der Waals surface area contributed by atoms with Crippen molar-refractivity contribution >= 4 is 17.7 Å².